The van der Waals surface area contributed by atoms with Crippen molar-refractivity contribution in [2.45, 2.75) is 32.7 Å². The van der Waals surface area contributed by atoms with Gasteiger partial charge < -0.3 is 14.7 Å². The molecular weight excluding hydrogens is 214 g/mol. The SMILES string of the molecule is CC(C)CN1CCC(N(C)C(=O)N(C)C)CC1. The van der Waals surface area contributed by atoms with E-state index in [9.17, 15) is 4.79 Å². The number of likely N-dealkylation sites (tertiary alicyclic amines) is 1. The molecule has 4 heteroatoms. The second-order valence-corrected chi connectivity index (χ2v) is 5.71. The molecule has 0 aliphatic carbocycles. The predicted molar refractivity (Wildman–Crippen MR) is 71.1 cm³/mol. The molecule has 1 aliphatic rings. The van der Waals surface area contributed by atoms with Gasteiger partial charge in [-0.3, -0.25) is 0 Å². The largest absolute Gasteiger partial charge is 0.331 e. The summed E-state index contributed by atoms with van der Waals surface area (Å²) in [7, 11) is 5.55. The molecule has 1 aliphatic heterocycles. The van der Waals surface area contributed by atoms with Crippen LogP contribution in [0.4, 0.5) is 4.79 Å². The number of rotatable bonds is 3. The van der Waals surface area contributed by atoms with Crippen LogP contribution in [0.15, 0.2) is 0 Å². The van der Waals surface area contributed by atoms with Crippen LogP contribution in [0.5, 0.6) is 0 Å². The number of carbonyl (C=O) groups is 1. The zero-order valence-electron chi connectivity index (χ0n) is 11.9. The molecule has 17 heavy (non-hydrogen) atoms. The Kier molecular flexibility index (Phi) is 5.25. The van der Waals surface area contributed by atoms with Gasteiger partial charge in [0, 0.05) is 46.8 Å². The summed E-state index contributed by atoms with van der Waals surface area (Å²) in [6.45, 7) is 7.93. The minimum atomic E-state index is 0.118. The molecule has 4 nitrogen and oxygen atoms in total. The third-order valence-corrected chi connectivity index (χ3v) is 3.41. The van der Waals surface area contributed by atoms with Gasteiger partial charge in [0.15, 0.2) is 0 Å². The van der Waals surface area contributed by atoms with Gasteiger partial charge in [0.1, 0.15) is 0 Å². The summed E-state index contributed by atoms with van der Waals surface area (Å²) < 4.78 is 0. The van der Waals surface area contributed by atoms with Gasteiger partial charge in [-0.15, -0.1) is 0 Å². The number of carbonyl (C=O) groups excluding carboxylic acids is 1. The highest BCUT2D eigenvalue weighted by molar-refractivity contribution is 5.73. The maximum atomic E-state index is 11.8. The molecule has 1 heterocycles. The van der Waals surface area contributed by atoms with Crippen molar-refractivity contribution in [3.63, 3.8) is 0 Å². The lowest BCUT2D eigenvalue weighted by molar-refractivity contribution is 0.115. The van der Waals surface area contributed by atoms with Gasteiger partial charge in [-0.2, -0.15) is 0 Å². The Balaban J connectivity index is 2.38. The van der Waals surface area contributed by atoms with Crippen molar-refractivity contribution in [1.82, 2.24) is 14.7 Å². The Labute approximate surface area is 106 Å². The van der Waals surface area contributed by atoms with Crippen molar-refractivity contribution < 1.29 is 4.79 Å². The number of hydrogen-bond donors (Lipinski definition) is 0. The molecule has 0 N–H and O–H groups in total. The van der Waals surface area contributed by atoms with Gasteiger partial charge in [-0.1, -0.05) is 13.8 Å². The van der Waals surface area contributed by atoms with E-state index in [1.54, 1.807) is 4.90 Å². The summed E-state index contributed by atoms with van der Waals surface area (Å²) in [5, 5.41) is 0. The first-order valence-corrected chi connectivity index (χ1v) is 6.58. The Bertz CT molecular complexity index is 245. The molecule has 1 saturated heterocycles. The van der Waals surface area contributed by atoms with E-state index in [1.165, 1.54) is 6.54 Å². The highest BCUT2D eigenvalue weighted by Gasteiger charge is 2.26. The Morgan fingerprint density at radius 1 is 1.24 bits per heavy atom. The van der Waals surface area contributed by atoms with Crippen LogP contribution in [-0.2, 0) is 0 Å². The fourth-order valence-electron chi connectivity index (χ4n) is 2.48. The van der Waals surface area contributed by atoms with Gasteiger partial charge in [0.25, 0.3) is 0 Å². The van der Waals surface area contributed by atoms with E-state index in [-0.39, 0.29) is 6.03 Å². The summed E-state index contributed by atoms with van der Waals surface area (Å²) in [5.41, 5.74) is 0. The Morgan fingerprint density at radius 3 is 2.18 bits per heavy atom. The first-order valence-electron chi connectivity index (χ1n) is 6.58. The van der Waals surface area contributed by atoms with Gasteiger partial charge in [-0.05, 0) is 18.8 Å². The second kappa shape index (κ2) is 6.24. The third-order valence-electron chi connectivity index (χ3n) is 3.41. The number of piperidine rings is 1. The van der Waals surface area contributed by atoms with E-state index < -0.39 is 0 Å². The fraction of sp³-hybridized carbons (Fsp3) is 0.923. The lowest BCUT2D eigenvalue weighted by Gasteiger charge is -2.38. The van der Waals surface area contributed by atoms with Crippen molar-refractivity contribution in [2.24, 2.45) is 5.92 Å². The summed E-state index contributed by atoms with van der Waals surface area (Å²) in [4.78, 5) is 17.9. The van der Waals surface area contributed by atoms with E-state index in [0.29, 0.717) is 6.04 Å². The lowest BCUT2D eigenvalue weighted by Crippen LogP contribution is -2.48. The maximum Gasteiger partial charge on any atom is 0.319 e. The van der Waals surface area contributed by atoms with E-state index in [0.717, 1.165) is 31.8 Å². The van der Waals surface area contributed by atoms with E-state index in [4.69, 9.17) is 0 Å². The average molecular weight is 241 g/mol. The van der Waals surface area contributed by atoms with Crippen LogP contribution in [0.25, 0.3) is 0 Å². The van der Waals surface area contributed by atoms with Crippen LogP contribution in [0.1, 0.15) is 26.7 Å². The molecule has 0 bridgehead atoms. The molecule has 1 rings (SSSR count). The van der Waals surface area contributed by atoms with Crippen molar-refractivity contribution in [3.05, 3.63) is 0 Å². The zero-order valence-corrected chi connectivity index (χ0v) is 11.9. The Hall–Kier alpha value is -0.770. The molecule has 0 aromatic carbocycles. The normalized spacial score (nSPS) is 18.5. The molecule has 0 atom stereocenters. The average Bonchev–Trinajstić information content (AvgIpc) is 2.27. The molecule has 0 spiro atoms. The molecule has 0 radical (unpaired) electrons. The van der Waals surface area contributed by atoms with Gasteiger partial charge in [-0.25, -0.2) is 4.79 Å². The summed E-state index contributed by atoms with van der Waals surface area (Å²) in [5.74, 6) is 0.729. The van der Waals surface area contributed by atoms with Crippen LogP contribution in [0.3, 0.4) is 0 Å². The van der Waals surface area contributed by atoms with Gasteiger partial charge >= 0.3 is 6.03 Å². The smallest absolute Gasteiger partial charge is 0.319 e. The molecule has 0 aromatic heterocycles. The van der Waals surface area contributed by atoms with E-state index in [2.05, 4.69) is 18.7 Å². The van der Waals surface area contributed by atoms with Crippen molar-refractivity contribution in [3.8, 4) is 0 Å². The predicted octanol–water partition coefficient (Wildman–Crippen LogP) is 1.72. The van der Waals surface area contributed by atoms with Crippen molar-refractivity contribution in [1.29, 1.82) is 0 Å². The lowest BCUT2D eigenvalue weighted by atomic mass is 10.0. The molecule has 0 saturated carbocycles. The van der Waals surface area contributed by atoms with Crippen LogP contribution in [0.2, 0.25) is 0 Å². The number of urea groups is 1. The van der Waals surface area contributed by atoms with Crippen LogP contribution in [-0.4, -0.2) is 67.5 Å². The van der Waals surface area contributed by atoms with E-state index >= 15 is 0 Å². The molecule has 0 aromatic rings. The quantitative estimate of drug-likeness (QED) is 0.752. The summed E-state index contributed by atoms with van der Waals surface area (Å²) in [6, 6.07) is 0.528. The molecule has 0 unspecified atom stereocenters. The number of amides is 2. The summed E-state index contributed by atoms with van der Waals surface area (Å²) in [6.07, 6.45) is 2.20. The van der Waals surface area contributed by atoms with Crippen molar-refractivity contribution >= 4 is 6.03 Å². The van der Waals surface area contributed by atoms with E-state index in [1.807, 2.05) is 26.0 Å². The highest BCUT2D eigenvalue weighted by Crippen LogP contribution is 2.17. The molecular formula is C13H27N3O. The molecule has 100 valence electrons. The standard InChI is InChI=1S/C13H27N3O/c1-11(2)10-16-8-6-12(7-9-16)15(5)13(17)14(3)4/h11-12H,6-10H2,1-5H3. The van der Waals surface area contributed by atoms with Crippen molar-refractivity contribution in [2.75, 3.05) is 40.8 Å². The zero-order chi connectivity index (χ0) is 13.0. The molecule has 1 fully saturated rings. The number of nitrogens with zero attached hydrogens (tertiary/aromatic N) is 3. The Morgan fingerprint density at radius 2 is 1.76 bits per heavy atom. The highest BCUT2D eigenvalue weighted by atomic mass is 16.2. The van der Waals surface area contributed by atoms with Crippen LogP contribution < -0.4 is 0 Å². The summed E-state index contributed by atoms with van der Waals surface area (Å²) >= 11 is 0. The van der Waals surface area contributed by atoms with Crippen LogP contribution in [0, 0.1) is 5.92 Å². The second-order valence-electron chi connectivity index (χ2n) is 5.71. The maximum absolute atomic E-state index is 11.8. The van der Waals surface area contributed by atoms with Gasteiger partial charge in [0.05, 0.1) is 0 Å². The molecule has 2 amide bonds. The third kappa shape index (κ3) is 4.19. The minimum Gasteiger partial charge on any atom is -0.331 e. The monoisotopic (exact) mass is 241 g/mol. The fourth-order valence-corrected chi connectivity index (χ4v) is 2.48. The topological polar surface area (TPSA) is 26.8 Å². The number of hydrogen-bond acceptors (Lipinski definition) is 2. The van der Waals surface area contributed by atoms with Gasteiger partial charge in [0.2, 0.25) is 0 Å². The van der Waals surface area contributed by atoms with Crippen LogP contribution >= 0.6 is 0 Å². The minimum absolute atomic E-state index is 0.118. The first kappa shape index (κ1) is 14.3. The first-order chi connectivity index (χ1) is 7.91.